The molecular formula is C13H28N2O. The second-order valence-corrected chi connectivity index (χ2v) is 6.32. The van der Waals surface area contributed by atoms with Gasteiger partial charge in [0.1, 0.15) is 0 Å². The largest absolute Gasteiger partial charge is 0.396 e. The van der Waals surface area contributed by atoms with Gasteiger partial charge in [0.15, 0.2) is 0 Å². The number of aliphatic hydroxyl groups excluding tert-OH is 1. The van der Waals surface area contributed by atoms with Crippen LogP contribution in [0.2, 0.25) is 0 Å². The van der Waals surface area contributed by atoms with Crippen LogP contribution in [0.25, 0.3) is 0 Å². The lowest BCUT2D eigenvalue weighted by Crippen LogP contribution is -2.54. The lowest BCUT2D eigenvalue weighted by Gasteiger charge is -2.46. The quantitative estimate of drug-likeness (QED) is 0.768. The monoisotopic (exact) mass is 228 g/mol. The van der Waals surface area contributed by atoms with Crippen molar-refractivity contribution < 1.29 is 5.11 Å². The van der Waals surface area contributed by atoms with Gasteiger partial charge >= 0.3 is 0 Å². The van der Waals surface area contributed by atoms with Gasteiger partial charge in [0.2, 0.25) is 0 Å². The van der Waals surface area contributed by atoms with Crippen molar-refractivity contribution in [2.75, 3.05) is 26.2 Å². The number of hydrogen-bond acceptors (Lipinski definition) is 3. The standard InChI is InChI=1S/C13H28N2O/c1-11-12(2,3)10-14-7-8-15(11)13(4,5)6-9-16/h11,14,16H,6-10H2,1-5H3. The minimum atomic E-state index is 0.0808. The minimum Gasteiger partial charge on any atom is -0.396 e. The number of nitrogens with zero attached hydrogens (tertiary/aromatic N) is 1. The highest BCUT2D eigenvalue weighted by Gasteiger charge is 2.38. The van der Waals surface area contributed by atoms with Crippen LogP contribution < -0.4 is 5.32 Å². The van der Waals surface area contributed by atoms with E-state index in [0.717, 1.165) is 26.1 Å². The summed E-state index contributed by atoms with van der Waals surface area (Å²) in [5.41, 5.74) is 0.362. The molecule has 1 rings (SSSR count). The van der Waals surface area contributed by atoms with Crippen molar-refractivity contribution in [3.05, 3.63) is 0 Å². The Morgan fingerprint density at radius 1 is 1.44 bits per heavy atom. The Hall–Kier alpha value is -0.120. The van der Waals surface area contributed by atoms with Crippen LogP contribution in [0.15, 0.2) is 0 Å². The van der Waals surface area contributed by atoms with Crippen LogP contribution in [0.1, 0.15) is 41.0 Å². The van der Waals surface area contributed by atoms with Crippen molar-refractivity contribution in [3.63, 3.8) is 0 Å². The average molecular weight is 228 g/mol. The summed E-state index contributed by atoms with van der Waals surface area (Å²) < 4.78 is 0. The van der Waals surface area contributed by atoms with Crippen molar-refractivity contribution >= 4 is 0 Å². The molecule has 1 fully saturated rings. The lowest BCUT2D eigenvalue weighted by atomic mass is 9.82. The molecule has 1 aliphatic heterocycles. The molecule has 0 aromatic rings. The van der Waals surface area contributed by atoms with E-state index in [2.05, 4.69) is 44.8 Å². The smallest absolute Gasteiger partial charge is 0.0448 e. The fraction of sp³-hybridized carbons (Fsp3) is 1.00. The van der Waals surface area contributed by atoms with E-state index in [1.54, 1.807) is 0 Å². The van der Waals surface area contributed by atoms with E-state index in [0.29, 0.717) is 6.04 Å². The molecule has 1 unspecified atom stereocenters. The maximum atomic E-state index is 9.18. The van der Waals surface area contributed by atoms with Gasteiger partial charge in [-0.15, -0.1) is 0 Å². The number of hydrogen-bond donors (Lipinski definition) is 2. The average Bonchev–Trinajstić information content (AvgIpc) is 2.27. The SMILES string of the molecule is CC1N(C(C)(C)CCO)CCNCC1(C)C. The predicted octanol–water partition coefficient (Wildman–Crippen LogP) is 1.47. The molecule has 0 bridgehead atoms. The summed E-state index contributed by atoms with van der Waals surface area (Å²) in [6.45, 7) is 14.9. The lowest BCUT2D eigenvalue weighted by molar-refractivity contribution is 0.0186. The molecule has 0 aromatic heterocycles. The third-order valence-corrected chi connectivity index (χ3v) is 4.21. The van der Waals surface area contributed by atoms with Gasteiger partial charge in [0, 0.05) is 37.8 Å². The summed E-state index contributed by atoms with van der Waals surface area (Å²) in [6, 6.07) is 0.532. The molecule has 0 aromatic carbocycles. The molecule has 1 atom stereocenters. The second-order valence-electron chi connectivity index (χ2n) is 6.32. The zero-order valence-electron chi connectivity index (χ0n) is 11.5. The highest BCUT2D eigenvalue weighted by molar-refractivity contribution is 4.94. The zero-order valence-corrected chi connectivity index (χ0v) is 11.5. The fourth-order valence-electron chi connectivity index (χ4n) is 2.62. The Balaban J connectivity index is 2.84. The van der Waals surface area contributed by atoms with Crippen LogP contribution in [0.5, 0.6) is 0 Å². The van der Waals surface area contributed by atoms with E-state index >= 15 is 0 Å². The summed E-state index contributed by atoms with van der Waals surface area (Å²) in [4.78, 5) is 2.54. The van der Waals surface area contributed by atoms with Gasteiger partial charge in [-0.25, -0.2) is 0 Å². The molecule has 0 radical (unpaired) electrons. The first kappa shape index (κ1) is 13.9. The van der Waals surface area contributed by atoms with Gasteiger partial charge in [-0.3, -0.25) is 4.90 Å². The molecule has 0 saturated carbocycles. The van der Waals surface area contributed by atoms with Crippen LogP contribution in [0.4, 0.5) is 0 Å². The molecule has 16 heavy (non-hydrogen) atoms. The zero-order chi connectivity index (χ0) is 12.4. The van der Waals surface area contributed by atoms with E-state index in [1.807, 2.05) is 0 Å². The summed E-state index contributed by atoms with van der Waals surface area (Å²) in [7, 11) is 0. The van der Waals surface area contributed by atoms with E-state index in [1.165, 1.54) is 0 Å². The molecule has 2 N–H and O–H groups in total. The molecule has 1 heterocycles. The Kier molecular flexibility index (Phi) is 4.38. The molecule has 1 aliphatic rings. The second kappa shape index (κ2) is 5.03. The van der Waals surface area contributed by atoms with E-state index in [9.17, 15) is 5.11 Å². The highest BCUT2D eigenvalue weighted by atomic mass is 16.3. The fourth-order valence-corrected chi connectivity index (χ4v) is 2.62. The highest BCUT2D eigenvalue weighted by Crippen LogP contribution is 2.32. The van der Waals surface area contributed by atoms with Gasteiger partial charge in [-0.1, -0.05) is 13.8 Å². The molecular weight excluding hydrogens is 200 g/mol. The van der Waals surface area contributed by atoms with Crippen molar-refractivity contribution in [1.82, 2.24) is 10.2 Å². The van der Waals surface area contributed by atoms with Crippen LogP contribution >= 0.6 is 0 Å². The number of nitrogens with one attached hydrogen (secondary N) is 1. The Morgan fingerprint density at radius 2 is 2.06 bits per heavy atom. The summed E-state index contributed by atoms with van der Waals surface area (Å²) in [5, 5.41) is 12.7. The molecule has 0 amide bonds. The van der Waals surface area contributed by atoms with E-state index < -0.39 is 0 Å². The van der Waals surface area contributed by atoms with Crippen LogP contribution in [0.3, 0.4) is 0 Å². The molecule has 1 saturated heterocycles. The van der Waals surface area contributed by atoms with Crippen LogP contribution in [-0.4, -0.2) is 47.8 Å². The minimum absolute atomic E-state index is 0.0808. The Bertz CT molecular complexity index is 226. The number of rotatable bonds is 3. The third kappa shape index (κ3) is 2.96. The topological polar surface area (TPSA) is 35.5 Å². The normalized spacial score (nSPS) is 27.8. The van der Waals surface area contributed by atoms with Gasteiger partial charge in [0.05, 0.1) is 0 Å². The first-order valence-corrected chi connectivity index (χ1v) is 6.39. The number of aliphatic hydroxyl groups is 1. The van der Waals surface area contributed by atoms with E-state index in [-0.39, 0.29) is 17.6 Å². The maximum absolute atomic E-state index is 9.18. The molecule has 3 heteroatoms. The van der Waals surface area contributed by atoms with Crippen LogP contribution in [-0.2, 0) is 0 Å². The molecule has 96 valence electrons. The predicted molar refractivity (Wildman–Crippen MR) is 68.6 cm³/mol. The van der Waals surface area contributed by atoms with Gasteiger partial charge in [-0.2, -0.15) is 0 Å². The maximum Gasteiger partial charge on any atom is 0.0448 e. The third-order valence-electron chi connectivity index (χ3n) is 4.21. The summed E-state index contributed by atoms with van der Waals surface area (Å²) in [5.74, 6) is 0. The van der Waals surface area contributed by atoms with Crippen molar-refractivity contribution in [1.29, 1.82) is 0 Å². The van der Waals surface area contributed by atoms with Crippen LogP contribution in [0, 0.1) is 5.41 Å². The van der Waals surface area contributed by atoms with Crippen molar-refractivity contribution in [2.24, 2.45) is 5.41 Å². The van der Waals surface area contributed by atoms with Gasteiger partial charge < -0.3 is 10.4 Å². The summed E-state index contributed by atoms with van der Waals surface area (Å²) >= 11 is 0. The van der Waals surface area contributed by atoms with Gasteiger partial charge in [-0.05, 0) is 32.6 Å². The molecule has 0 spiro atoms. The Labute approximate surface area is 100 Å². The van der Waals surface area contributed by atoms with Crippen molar-refractivity contribution in [3.8, 4) is 0 Å². The molecule has 3 nitrogen and oxygen atoms in total. The Morgan fingerprint density at radius 3 is 2.62 bits per heavy atom. The molecule has 0 aliphatic carbocycles. The van der Waals surface area contributed by atoms with Crippen molar-refractivity contribution in [2.45, 2.75) is 52.6 Å². The summed E-state index contributed by atoms with van der Waals surface area (Å²) in [6.07, 6.45) is 0.841. The van der Waals surface area contributed by atoms with Gasteiger partial charge in [0.25, 0.3) is 0 Å². The first-order valence-electron chi connectivity index (χ1n) is 6.39. The first-order chi connectivity index (χ1) is 7.31. The van der Waals surface area contributed by atoms with E-state index in [4.69, 9.17) is 0 Å².